The van der Waals surface area contributed by atoms with Gasteiger partial charge in [-0.25, -0.2) is 0 Å². The van der Waals surface area contributed by atoms with Gasteiger partial charge >= 0.3 is 0 Å². The highest BCUT2D eigenvalue weighted by Crippen LogP contribution is 2.17. The molecule has 0 radical (unpaired) electrons. The SMILES string of the molecule is Cc1ccc(C(=O)c2cccc(Br)c2)cc1C. The lowest BCUT2D eigenvalue weighted by Crippen LogP contribution is -2.01. The fraction of sp³-hybridized carbons (Fsp3) is 0.133. The molecule has 0 bridgehead atoms. The number of hydrogen-bond acceptors (Lipinski definition) is 1. The second-order valence-electron chi connectivity index (χ2n) is 4.14. The first-order chi connectivity index (χ1) is 8.08. The average Bonchev–Trinajstić information content (AvgIpc) is 2.32. The van der Waals surface area contributed by atoms with Gasteiger partial charge in [-0.3, -0.25) is 4.79 Å². The topological polar surface area (TPSA) is 17.1 Å². The van der Waals surface area contributed by atoms with E-state index in [1.807, 2.05) is 56.3 Å². The fourth-order valence-electron chi connectivity index (χ4n) is 1.68. The number of rotatable bonds is 2. The molecule has 0 fully saturated rings. The lowest BCUT2D eigenvalue weighted by Gasteiger charge is -2.05. The quantitative estimate of drug-likeness (QED) is 0.753. The van der Waals surface area contributed by atoms with Crippen LogP contribution in [0.4, 0.5) is 0 Å². The van der Waals surface area contributed by atoms with Crippen molar-refractivity contribution in [2.45, 2.75) is 13.8 Å². The number of carbonyl (C=O) groups excluding carboxylic acids is 1. The highest BCUT2D eigenvalue weighted by atomic mass is 79.9. The molecule has 0 aromatic heterocycles. The Morgan fingerprint density at radius 1 is 0.941 bits per heavy atom. The number of benzene rings is 2. The monoisotopic (exact) mass is 288 g/mol. The summed E-state index contributed by atoms with van der Waals surface area (Å²) in [5, 5.41) is 0. The minimum Gasteiger partial charge on any atom is -0.289 e. The van der Waals surface area contributed by atoms with E-state index in [0.717, 1.165) is 15.6 Å². The molecule has 0 spiro atoms. The van der Waals surface area contributed by atoms with Crippen LogP contribution in [0.25, 0.3) is 0 Å². The molecule has 0 aliphatic heterocycles. The summed E-state index contributed by atoms with van der Waals surface area (Å²) in [5.41, 5.74) is 3.80. The summed E-state index contributed by atoms with van der Waals surface area (Å²) in [7, 11) is 0. The van der Waals surface area contributed by atoms with E-state index in [1.54, 1.807) is 0 Å². The van der Waals surface area contributed by atoms with Gasteiger partial charge in [0, 0.05) is 15.6 Å². The van der Waals surface area contributed by atoms with E-state index in [9.17, 15) is 4.79 Å². The molecule has 0 atom stereocenters. The zero-order valence-corrected chi connectivity index (χ0v) is 11.4. The molecule has 0 saturated carbocycles. The molecule has 0 N–H and O–H groups in total. The third kappa shape index (κ3) is 2.64. The van der Waals surface area contributed by atoms with E-state index in [4.69, 9.17) is 0 Å². The summed E-state index contributed by atoms with van der Waals surface area (Å²) in [6.07, 6.45) is 0. The van der Waals surface area contributed by atoms with E-state index in [0.29, 0.717) is 5.56 Å². The zero-order chi connectivity index (χ0) is 12.4. The summed E-state index contributed by atoms with van der Waals surface area (Å²) in [6, 6.07) is 13.3. The van der Waals surface area contributed by atoms with Crippen LogP contribution in [0.1, 0.15) is 27.0 Å². The summed E-state index contributed by atoms with van der Waals surface area (Å²) in [4.78, 5) is 12.2. The molecule has 2 rings (SSSR count). The highest BCUT2D eigenvalue weighted by Gasteiger charge is 2.09. The predicted molar refractivity (Wildman–Crippen MR) is 73.5 cm³/mol. The highest BCUT2D eigenvalue weighted by molar-refractivity contribution is 9.10. The van der Waals surface area contributed by atoms with Crippen molar-refractivity contribution < 1.29 is 4.79 Å². The molecule has 0 amide bonds. The van der Waals surface area contributed by atoms with Crippen molar-refractivity contribution in [1.82, 2.24) is 0 Å². The largest absolute Gasteiger partial charge is 0.289 e. The van der Waals surface area contributed by atoms with Crippen molar-refractivity contribution >= 4 is 21.7 Å². The van der Waals surface area contributed by atoms with Crippen LogP contribution >= 0.6 is 15.9 Å². The Kier molecular flexibility index (Phi) is 3.43. The molecule has 0 aliphatic carbocycles. The van der Waals surface area contributed by atoms with Crippen LogP contribution in [-0.2, 0) is 0 Å². The third-order valence-electron chi connectivity index (χ3n) is 2.86. The van der Waals surface area contributed by atoms with Crippen molar-refractivity contribution in [3.63, 3.8) is 0 Å². The van der Waals surface area contributed by atoms with Gasteiger partial charge in [-0.2, -0.15) is 0 Å². The maximum Gasteiger partial charge on any atom is 0.193 e. The van der Waals surface area contributed by atoms with Crippen LogP contribution in [0.3, 0.4) is 0 Å². The van der Waals surface area contributed by atoms with Gasteiger partial charge in [-0.05, 0) is 43.2 Å². The van der Waals surface area contributed by atoms with E-state index in [2.05, 4.69) is 15.9 Å². The average molecular weight is 289 g/mol. The standard InChI is InChI=1S/C15H13BrO/c1-10-6-7-13(8-11(10)2)15(17)12-4-3-5-14(16)9-12/h3-9H,1-2H3. The van der Waals surface area contributed by atoms with Crippen LogP contribution in [0.5, 0.6) is 0 Å². The normalized spacial score (nSPS) is 10.3. The van der Waals surface area contributed by atoms with Gasteiger partial charge in [0.15, 0.2) is 5.78 Å². The fourth-order valence-corrected chi connectivity index (χ4v) is 2.08. The lowest BCUT2D eigenvalue weighted by molar-refractivity contribution is 0.103. The van der Waals surface area contributed by atoms with Crippen LogP contribution in [0.15, 0.2) is 46.9 Å². The first-order valence-electron chi connectivity index (χ1n) is 5.45. The van der Waals surface area contributed by atoms with Crippen molar-refractivity contribution in [2.24, 2.45) is 0 Å². The third-order valence-corrected chi connectivity index (χ3v) is 3.35. The minimum absolute atomic E-state index is 0.0643. The number of aryl methyl sites for hydroxylation is 2. The number of ketones is 1. The molecule has 2 aromatic carbocycles. The van der Waals surface area contributed by atoms with Crippen LogP contribution in [-0.4, -0.2) is 5.78 Å². The Hall–Kier alpha value is -1.41. The van der Waals surface area contributed by atoms with Crippen molar-refractivity contribution in [2.75, 3.05) is 0 Å². The maximum absolute atomic E-state index is 12.2. The minimum atomic E-state index is 0.0643. The lowest BCUT2D eigenvalue weighted by atomic mass is 9.99. The summed E-state index contributed by atoms with van der Waals surface area (Å²) in [6.45, 7) is 4.07. The molecule has 1 nitrogen and oxygen atoms in total. The van der Waals surface area contributed by atoms with Gasteiger partial charge in [0.05, 0.1) is 0 Å². The van der Waals surface area contributed by atoms with Crippen LogP contribution < -0.4 is 0 Å². The maximum atomic E-state index is 12.2. The van der Waals surface area contributed by atoms with E-state index in [-0.39, 0.29) is 5.78 Å². The molecular weight excluding hydrogens is 276 g/mol. The van der Waals surface area contributed by atoms with Crippen molar-refractivity contribution in [1.29, 1.82) is 0 Å². The molecule has 0 saturated heterocycles. The molecule has 86 valence electrons. The Labute approximate surface area is 110 Å². The molecule has 0 unspecified atom stereocenters. The number of halogens is 1. The second kappa shape index (κ2) is 4.84. The Morgan fingerprint density at radius 3 is 2.29 bits per heavy atom. The van der Waals surface area contributed by atoms with Crippen molar-refractivity contribution in [3.05, 3.63) is 69.2 Å². The number of hydrogen-bond donors (Lipinski definition) is 0. The Bertz CT molecular complexity index is 573. The smallest absolute Gasteiger partial charge is 0.193 e. The Morgan fingerprint density at radius 2 is 1.65 bits per heavy atom. The van der Waals surface area contributed by atoms with Crippen molar-refractivity contribution in [3.8, 4) is 0 Å². The van der Waals surface area contributed by atoms with Gasteiger partial charge in [0.2, 0.25) is 0 Å². The van der Waals surface area contributed by atoms with Crippen LogP contribution in [0.2, 0.25) is 0 Å². The van der Waals surface area contributed by atoms with Gasteiger partial charge in [-0.15, -0.1) is 0 Å². The molecule has 2 aromatic rings. The van der Waals surface area contributed by atoms with E-state index < -0.39 is 0 Å². The zero-order valence-electron chi connectivity index (χ0n) is 9.83. The number of carbonyl (C=O) groups is 1. The molecule has 2 heteroatoms. The first kappa shape index (κ1) is 12.1. The summed E-state index contributed by atoms with van der Waals surface area (Å²) < 4.78 is 0.923. The molecular formula is C15H13BrO. The second-order valence-corrected chi connectivity index (χ2v) is 5.05. The van der Waals surface area contributed by atoms with Gasteiger partial charge in [-0.1, -0.05) is 40.2 Å². The van der Waals surface area contributed by atoms with Gasteiger partial charge in [0.25, 0.3) is 0 Å². The first-order valence-corrected chi connectivity index (χ1v) is 6.25. The Balaban J connectivity index is 2.40. The molecule has 17 heavy (non-hydrogen) atoms. The predicted octanol–water partition coefficient (Wildman–Crippen LogP) is 4.30. The van der Waals surface area contributed by atoms with Crippen LogP contribution in [0, 0.1) is 13.8 Å². The summed E-state index contributed by atoms with van der Waals surface area (Å²) >= 11 is 3.38. The van der Waals surface area contributed by atoms with E-state index in [1.165, 1.54) is 5.56 Å². The van der Waals surface area contributed by atoms with E-state index >= 15 is 0 Å². The molecule has 0 aliphatic rings. The summed E-state index contributed by atoms with van der Waals surface area (Å²) in [5.74, 6) is 0.0643. The molecule has 0 heterocycles. The van der Waals surface area contributed by atoms with Gasteiger partial charge < -0.3 is 0 Å². The van der Waals surface area contributed by atoms with Gasteiger partial charge in [0.1, 0.15) is 0 Å².